The number of aromatic nitrogens is 2. The molecule has 0 spiro atoms. The third-order valence-electron chi connectivity index (χ3n) is 5.53. The van der Waals surface area contributed by atoms with Crippen molar-refractivity contribution in [1.29, 1.82) is 0 Å². The summed E-state index contributed by atoms with van der Waals surface area (Å²) in [6.45, 7) is 0. The molecule has 31 heavy (non-hydrogen) atoms. The second-order valence-electron chi connectivity index (χ2n) is 7.07. The smallest absolute Gasteiger partial charge is 0.153 e. The minimum absolute atomic E-state index is 0. The summed E-state index contributed by atoms with van der Waals surface area (Å²) in [5, 5.41) is 0.534. The quantitative estimate of drug-likeness (QED) is 0.104. The minimum atomic E-state index is -0.759. The average molecular weight is 713 g/mol. The van der Waals surface area contributed by atoms with Crippen LogP contribution >= 0.6 is 25.8 Å². The van der Waals surface area contributed by atoms with Gasteiger partial charge in [0.15, 0.2) is 0 Å². The maximum atomic E-state index is 13.4. The van der Waals surface area contributed by atoms with Crippen molar-refractivity contribution in [1.82, 2.24) is 14.9 Å². The number of alkyl halides is 1. The van der Waals surface area contributed by atoms with Gasteiger partial charge in [-0.15, -0.1) is 0 Å². The summed E-state index contributed by atoms with van der Waals surface area (Å²) in [6.07, 6.45) is 2.90. The standard InChI is InChI=1S/C20H13BrFN3O3.H3P.H2S.Tl/c21-9-10-5-8-23-16-14(10)24-15-13(17(16)26)18(27)25(19(15)28)20(6-7-20)11-1-3-12(22)4-2-11;;;/h1-5,8H,6-7,9H2,(H,24,26);1H3;1H2;/q;;;+1/p-2. The molecule has 2 aromatic heterocycles. The minimum Gasteiger partial charge on any atom is -0.813 e. The van der Waals surface area contributed by atoms with E-state index in [9.17, 15) is 14.0 Å². The van der Waals surface area contributed by atoms with E-state index in [1.165, 1.54) is 17.0 Å². The number of pyridine rings is 2. The molecular weight excluding hydrogens is 697 g/mol. The number of rotatable bonds is 4. The van der Waals surface area contributed by atoms with Gasteiger partial charge < -0.3 is 13.5 Å². The Bertz CT molecular complexity index is 1210. The fourth-order valence-electron chi connectivity index (χ4n) is 3.97. The Morgan fingerprint density at radius 2 is 1.81 bits per heavy atom. The van der Waals surface area contributed by atoms with E-state index in [2.05, 4.69) is 25.9 Å². The number of benzene rings is 1. The Morgan fingerprint density at radius 1 is 1.13 bits per heavy atom. The van der Waals surface area contributed by atoms with Crippen molar-refractivity contribution in [2.75, 3.05) is 0 Å². The third-order valence-corrected chi connectivity index (χ3v) is 7.05. The summed E-state index contributed by atoms with van der Waals surface area (Å²) in [7, 11) is 0. The van der Waals surface area contributed by atoms with Gasteiger partial charge in [-0.3, -0.25) is 0 Å². The number of halogens is 2. The number of carbonyl (C=O) groups excluding carboxylic acids is 2. The van der Waals surface area contributed by atoms with Crippen LogP contribution in [0.4, 0.5) is 4.39 Å². The molecule has 3 heterocycles. The van der Waals surface area contributed by atoms with E-state index >= 15 is 0 Å². The van der Waals surface area contributed by atoms with Crippen molar-refractivity contribution < 1.29 is 16.7 Å². The Labute approximate surface area is 212 Å². The number of imide groups is 1. The molecular formula is C20H16BrFN3O3PSTl-. The van der Waals surface area contributed by atoms with Gasteiger partial charge in [0.05, 0.1) is 0 Å². The number of thiol groups is 1. The molecule has 1 aliphatic carbocycles. The maximum absolute atomic E-state index is 13.4. The van der Waals surface area contributed by atoms with Gasteiger partial charge in [0.25, 0.3) is 0 Å². The molecule has 1 unspecified atom stereocenters. The van der Waals surface area contributed by atoms with Gasteiger partial charge in [-0.2, -0.15) is 9.90 Å². The molecule has 1 atom stereocenters. The molecule has 0 N–H and O–H groups in total. The van der Waals surface area contributed by atoms with E-state index in [4.69, 9.17) is 2.69 Å². The van der Waals surface area contributed by atoms with Crippen molar-refractivity contribution in [2.24, 2.45) is 0 Å². The fourth-order valence-corrected chi connectivity index (χ4v) is 5.32. The number of hydrogen-bond donors (Lipinski definition) is 0. The van der Waals surface area contributed by atoms with Crippen LogP contribution < -0.4 is 2.69 Å². The van der Waals surface area contributed by atoms with Crippen LogP contribution in [-0.2, 0) is 24.4 Å². The predicted molar refractivity (Wildman–Crippen MR) is 126 cm³/mol. The molecule has 3 aromatic rings. The molecule has 5 rings (SSSR count). The van der Waals surface area contributed by atoms with Crippen LogP contribution in [-0.4, -0.2) is 52.9 Å². The van der Waals surface area contributed by atoms with Gasteiger partial charge in [-0.25, -0.2) is 0 Å². The van der Waals surface area contributed by atoms with E-state index < -0.39 is 17.4 Å². The van der Waals surface area contributed by atoms with Gasteiger partial charge in [0, 0.05) is 0 Å². The van der Waals surface area contributed by atoms with E-state index in [1.54, 1.807) is 18.3 Å². The van der Waals surface area contributed by atoms with Gasteiger partial charge >= 0.3 is 191 Å². The summed E-state index contributed by atoms with van der Waals surface area (Å²) in [6, 6.07) is 7.77. The van der Waals surface area contributed by atoms with Crippen LogP contribution in [0.3, 0.4) is 0 Å². The van der Waals surface area contributed by atoms with Crippen LogP contribution in [0.15, 0.2) is 36.5 Å². The molecule has 0 radical (unpaired) electrons. The SMILES string of the molecule is O=C1c2nc3c(CBr)ccnc3c([O][Tl])c2C(=O)N1C1(c2ccc(F)cc2)CC1.P.[SH-]. The molecule has 2 aliphatic rings. The molecule has 158 valence electrons. The first-order chi connectivity index (χ1) is 14.0. The van der Waals surface area contributed by atoms with Crippen LogP contribution in [0.1, 0.15) is 44.8 Å². The first-order valence-electron chi connectivity index (χ1n) is 8.91. The van der Waals surface area contributed by atoms with Crippen LogP contribution in [0.2, 0.25) is 0 Å². The summed E-state index contributed by atoms with van der Waals surface area (Å²) >= 11 is 3.54. The molecule has 0 bridgehead atoms. The van der Waals surface area contributed by atoms with E-state index in [-0.39, 0.29) is 66.7 Å². The van der Waals surface area contributed by atoms with Crippen molar-refractivity contribution in [3.8, 4) is 5.75 Å². The molecule has 2 amide bonds. The normalized spacial score (nSPS) is 15.8. The van der Waals surface area contributed by atoms with Crippen molar-refractivity contribution >= 4 is 88.4 Å². The van der Waals surface area contributed by atoms with E-state index in [1.807, 2.05) is 6.07 Å². The van der Waals surface area contributed by atoms with Gasteiger partial charge in [-0.05, 0) is 0 Å². The monoisotopic (exact) mass is 712 g/mol. The predicted octanol–water partition coefficient (Wildman–Crippen LogP) is 3.20. The van der Waals surface area contributed by atoms with Crippen molar-refractivity contribution in [3.63, 3.8) is 0 Å². The van der Waals surface area contributed by atoms with Crippen molar-refractivity contribution in [2.45, 2.75) is 23.7 Å². The number of hydrogen-bond acceptors (Lipinski definition) is 6. The second kappa shape index (κ2) is 8.99. The summed E-state index contributed by atoms with van der Waals surface area (Å²) in [5.41, 5.74) is 2.16. The average Bonchev–Trinajstić information content (AvgIpc) is 3.48. The van der Waals surface area contributed by atoms with E-state index in [0.29, 0.717) is 35.0 Å². The molecule has 1 aromatic carbocycles. The molecule has 1 aliphatic heterocycles. The molecule has 1 saturated carbocycles. The van der Waals surface area contributed by atoms with Crippen LogP contribution in [0, 0.1) is 5.82 Å². The Hall–Kier alpha value is -1.17. The first kappa shape index (κ1) is 24.5. The van der Waals surface area contributed by atoms with Gasteiger partial charge in [0.2, 0.25) is 0 Å². The van der Waals surface area contributed by atoms with E-state index in [0.717, 1.165) is 11.1 Å². The zero-order chi connectivity index (χ0) is 20.3. The second-order valence-corrected chi connectivity index (χ2v) is 8.54. The number of nitrogens with zero attached hydrogens (tertiary/aromatic N) is 3. The zero-order valence-corrected chi connectivity index (χ0v) is 24.5. The Balaban J connectivity index is 0.00000136. The molecule has 0 saturated heterocycles. The number of carbonyl (C=O) groups is 2. The van der Waals surface area contributed by atoms with Crippen molar-refractivity contribution in [3.05, 3.63) is 64.7 Å². The summed E-state index contributed by atoms with van der Waals surface area (Å²) in [5.74, 6) is -0.904. The van der Waals surface area contributed by atoms with Crippen LogP contribution in [0.5, 0.6) is 5.75 Å². The first-order valence-corrected chi connectivity index (χ1v) is 11.9. The topological polar surface area (TPSA) is 72.4 Å². The third kappa shape index (κ3) is 3.61. The number of fused-ring (bicyclic) bond motifs is 2. The van der Waals surface area contributed by atoms with Gasteiger partial charge in [-0.1, -0.05) is 0 Å². The molecule has 1 fully saturated rings. The molecule has 11 heteroatoms. The molecule has 6 nitrogen and oxygen atoms in total. The van der Waals surface area contributed by atoms with Gasteiger partial charge in [0.1, 0.15) is 0 Å². The Morgan fingerprint density at radius 3 is 2.39 bits per heavy atom. The fraction of sp³-hybridized carbons (Fsp3) is 0.200. The maximum Gasteiger partial charge on any atom is -0.153 e. The zero-order valence-electron chi connectivity index (χ0n) is 16.1. The largest absolute Gasteiger partial charge is 0.813 e. The number of amides is 2. The summed E-state index contributed by atoms with van der Waals surface area (Å²) < 4.78 is 19.1. The van der Waals surface area contributed by atoms with Crippen LogP contribution in [0.25, 0.3) is 11.0 Å². The Kier molecular flexibility index (Phi) is 7.10. The summed E-state index contributed by atoms with van der Waals surface area (Å²) in [4.78, 5) is 36.9.